The summed E-state index contributed by atoms with van der Waals surface area (Å²) in [6, 6.07) is 4.05. The lowest BCUT2D eigenvalue weighted by Crippen LogP contribution is -2.45. The number of carbonyl (C=O) groups is 1. The van der Waals surface area contributed by atoms with E-state index in [1.807, 2.05) is 19.2 Å². The number of aromatic nitrogens is 3. The fourth-order valence-electron chi connectivity index (χ4n) is 5.77. The molecule has 2 saturated carbocycles. The van der Waals surface area contributed by atoms with E-state index in [1.54, 1.807) is 4.68 Å². The maximum atomic E-state index is 13.0. The molecular weight excluding hydrogens is 402 g/mol. The molecule has 0 aromatic carbocycles. The second-order valence-electron chi connectivity index (χ2n) is 10.1. The summed E-state index contributed by atoms with van der Waals surface area (Å²) in [6.07, 6.45) is 13.8. The molecule has 32 heavy (non-hydrogen) atoms. The average Bonchev–Trinajstić information content (AvgIpc) is 3.44. The second kappa shape index (κ2) is 9.77. The number of nitrogens with one attached hydrogen (secondary N) is 1. The van der Waals surface area contributed by atoms with Crippen LogP contribution in [0.1, 0.15) is 81.1 Å². The normalized spacial score (nSPS) is 21.9. The molecule has 2 aliphatic carbocycles. The van der Waals surface area contributed by atoms with E-state index in [1.165, 1.54) is 51.5 Å². The predicted octanol–water partition coefficient (Wildman–Crippen LogP) is 4.06. The largest absolute Gasteiger partial charge is 0.474 e. The molecule has 0 bridgehead atoms. The van der Waals surface area contributed by atoms with Crippen LogP contribution in [0.5, 0.6) is 5.88 Å². The number of likely N-dealkylation sites (tertiary alicyclic amines) is 1. The molecule has 0 spiro atoms. The lowest BCUT2D eigenvalue weighted by molar-refractivity contribution is 0.0901. The first-order chi connectivity index (χ1) is 15.7. The summed E-state index contributed by atoms with van der Waals surface area (Å²) in [4.78, 5) is 20.3. The smallest absolute Gasteiger partial charge is 0.272 e. The highest BCUT2D eigenvalue weighted by Gasteiger charge is 2.26. The van der Waals surface area contributed by atoms with E-state index in [2.05, 4.69) is 20.3 Å². The molecule has 0 unspecified atom stereocenters. The number of pyridine rings is 1. The second-order valence-corrected chi connectivity index (χ2v) is 10.1. The molecule has 2 aromatic rings. The Bertz CT molecular complexity index is 922. The van der Waals surface area contributed by atoms with Gasteiger partial charge in [0.1, 0.15) is 6.10 Å². The highest BCUT2D eigenvalue weighted by Crippen LogP contribution is 2.27. The maximum Gasteiger partial charge on any atom is 0.272 e. The Morgan fingerprint density at radius 1 is 1.03 bits per heavy atom. The molecule has 174 valence electrons. The maximum absolute atomic E-state index is 13.0. The number of rotatable bonds is 6. The first-order valence-electron chi connectivity index (χ1n) is 12.7. The summed E-state index contributed by atoms with van der Waals surface area (Å²) in [5.41, 5.74) is 1.17. The zero-order valence-corrected chi connectivity index (χ0v) is 19.4. The zero-order chi connectivity index (χ0) is 21.9. The Morgan fingerprint density at radius 2 is 1.75 bits per heavy atom. The van der Waals surface area contributed by atoms with Gasteiger partial charge in [-0.3, -0.25) is 4.79 Å². The van der Waals surface area contributed by atoms with Gasteiger partial charge in [-0.1, -0.05) is 19.3 Å². The van der Waals surface area contributed by atoms with Crippen LogP contribution in [0.3, 0.4) is 0 Å². The van der Waals surface area contributed by atoms with Crippen molar-refractivity contribution < 1.29 is 9.53 Å². The fourth-order valence-corrected chi connectivity index (χ4v) is 5.77. The van der Waals surface area contributed by atoms with Crippen LogP contribution < -0.4 is 10.1 Å². The molecule has 1 saturated heterocycles. The molecule has 1 N–H and O–H groups in total. The molecule has 2 aromatic heterocycles. The van der Waals surface area contributed by atoms with E-state index in [0.29, 0.717) is 17.2 Å². The quantitative estimate of drug-likeness (QED) is 0.735. The first-order valence-corrected chi connectivity index (χ1v) is 12.7. The SMILES string of the molecule is Cn1nc(C(=O)NC2CCN(CC3CCCC3)CC2)c2ccc(OC3CCCCC3)nc21. The van der Waals surface area contributed by atoms with Crippen LogP contribution in [0, 0.1) is 5.92 Å². The van der Waals surface area contributed by atoms with Crippen LogP contribution in [0.2, 0.25) is 0 Å². The molecule has 7 nitrogen and oxygen atoms in total. The number of piperidine rings is 1. The van der Waals surface area contributed by atoms with Crippen molar-refractivity contribution in [2.24, 2.45) is 13.0 Å². The van der Waals surface area contributed by atoms with E-state index in [4.69, 9.17) is 4.74 Å². The zero-order valence-electron chi connectivity index (χ0n) is 19.4. The van der Waals surface area contributed by atoms with Gasteiger partial charge < -0.3 is 15.0 Å². The summed E-state index contributed by atoms with van der Waals surface area (Å²) in [5, 5.41) is 8.53. The van der Waals surface area contributed by atoms with Crippen molar-refractivity contribution in [3.05, 3.63) is 17.8 Å². The standard InChI is InChI=1S/C25H37N5O2/c1-29-24-21(11-12-22(27-24)32-20-9-3-2-4-10-20)23(28-29)25(31)26-19-13-15-30(16-14-19)17-18-7-5-6-8-18/h11-12,18-20H,2-10,13-17H2,1H3,(H,26,31). The minimum Gasteiger partial charge on any atom is -0.474 e. The summed E-state index contributed by atoms with van der Waals surface area (Å²) >= 11 is 0. The van der Waals surface area contributed by atoms with Crippen molar-refractivity contribution in [2.45, 2.75) is 82.8 Å². The predicted molar refractivity (Wildman–Crippen MR) is 125 cm³/mol. The number of fused-ring (bicyclic) bond motifs is 1. The van der Waals surface area contributed by atoms with Crippen LogP contribution in [-0.4, -0.2) is 57.4 Å². The van der Waals surface area contributed by atoms with Gasteiger partial charge in [0.15, 0.2) is 11.3 Å². The van der Waals surface area contributed by atoms with Crippen LogP contribution in [0.25, 0.3) is 11.0 Å². The Labute approximate surface area is 190 Å². The van der Waals surface area contributed by atoms with E-state index in [9.17, 15) is 4.79 Å². The van der Waals surface area contributed by atoms with Crippen molar-refractivity contribution in [1.29, 1.82) is 0 Å². The van der Waals surface area contributed by atoms with Gasteiger partial charge >= 0.3 is 0 Å². The number of aryl methyl sites for hydroxylation is 1. The van der Waals surface area contributed by atoms with Gasteiger partial charge in [0.05, 0.1) is 5.39 Å². The van der Waals surface area contributed by atoms with Crippen molar-refractivity contribution in [1.82, 2.24) is 25.0 Å². The van der Waals surface area contributed by atoms with Gasteiger partial charge in [-0.05, 0) is 63.4 Å². The van der Waals surface area contributed by atoms with Crippen LogP contribution in [0.15, 0.2) is 12.1 Å². The number of hydrogen-bond donors (Lipinski definition) is 1. The Kier molecular flexibility index (Phi) is 6.62. The highest BCUT2D eigenvalue weighted by molar-refractivity contribution is 6.04. The number of amides is 1. The third-order valence-corrected chi connectivity index (χ3v) is 7.63. The van der Waals surface area contributed by atoms with E-state index < -0.39 is 0 Å². The Balaban J connectivity index is 1.19. The van der Waals surface area contributed by atoms with E-state index in [0.717, 1.165) is 50.1 Å². The summed E-state index contributed by atoms with van der Waals surface area (Å²) in [5.74, 6) is 1.43. The number of ether oxygens (including phenoxy) is 1. The first kappa shape index (κ1) is 21.7. The van der Waals surface area contributed by atoms with E-state index in [-0.39, 0.29) is 18.1 Å². The number of carbonyl (C=O) groups excluding carboxylic acids is 1. The summed E-state index contributed by atoms with van der Waals surface area (Å²) in [7, 11) is 1.85. The molecule has 3 aliphatic rings. The number of nitrogens with zero attached hydrogens (tertiary/aromatic N) is 4. The lowest BCUT2D eigenvalue weighted by atomic mass is 9.98. The molecular formula is C25H37N5O2. The third kappa shape index (κ3) is 4.92. The molecule has 1 amide bonds. The van der Waals surface area contributed by atoms with Crippen molar-refractivity contribution in [3.63, 3.8) is 0 Å². The Hall–Kier alpha value is -2.15. The van der Waals surface area contributed by atoms with Gasteiger partial charge in [-0.2, -0.15) is 10.1 Å². The monoisotopic (exact) mass is 439 g/mol. The molecule has 5 rings (SSSR count). The van der Waals surface area contributed by atoms with Crippen LogP contribution >= 0.6 is 0 Å². The summed E-state index contributed by atoms with van der Waals surface area (Å²) < 4.78 is 7.81. The number of hydrogen-bond acceptors (Lipinski definition) is 5. The van der Waals surface area contributed by atoms with Crippen molar-refractivity contribution >= 4 is 16.9 Å². The highest BCUT2D eigenvalue weighted by atomic mass is 16.5. The molecule has 7 heteroatoms. The lowest BCUT2D eigenvalue weighted by Gasteiger charge is -2.33. The Morgan fingerprint density at radius 3 is 2.50 bits per heavy atom. The fraction of sp³-hybridized carbons (Fsp3) is 0.720. The van der Waals surface area contributed by atoms with Crippen molar-refractivity contribution in [3.8, 4) is 5.88 Å². The third-order valence-electron chi connectivity index (χ3n) is 7.63. The van der Waals surface area contributed by atoms with Gasteiger partial charge in [0, 0.05) is 38.8 Å². The average molecular weight is 440 g/mol. The van der Waals surface area contributed by atoms with Gasteiger partial charge in [-0.25, -0.2) is 4.68 Å². The van der Waals surface area contributed by atoms with Crippen LogP contribution in [0.4, 0.5) is 0 Å². The van der Waals surface area contributed by atoms with E-state index >= 15 is 0 Å². The topological polar surface area (TPSA) is 72.3 Å². The summed E-state index contributed by atoms with van der Waals surface area (Å²) in [6.45, 7) is 3.39. The van der Waals surface area contributed by atoms with Gasteiger partial charge in [-0.15, -0.1) is 0 Å². The molecule has 1 aliphatic heterocycles. The van der Waals surface area contributed by atoms with Gasteiger partial charge in [0.25, 0.3) is 5.91 Å². The van der Waals surface area contributed by atoms with Crippen LogP contribution in [-0.2, 0) is 7.05 Å². The van der Waals surface area contributed by atoms with Crippen molar-refractivity contribution in [2.75, 3.05) is 19.6 Å². The minimum atomic E-state index is -0.0902. The van der Waals surface area contributed by atoms with Gasteiger partial charge in [0.2, 0.25) is 5.88 Å². The molecule has 0 atom stereocenters. The molecule has 3 heterocycles. The minimum absolute atomic E-state index is 0.0902. The molecule has 3 fully saturated rings. The molecule has 0 radical (unpaired) electrons.